The molecule has 0 aromatic heterocycles. The van der Waals surface area contributed by atoms with Crippen LogP contribution in [0, 0.1) is 22.2 Å². The summed E-state index contributed by atoms with van der Waals surface area (Å²) in [4.78, 5) is 5.64. The van der Waals surface area contributed by atoms with Gasteiger partial charge in [-0.25, -0.2) is 0 Å². The second kappa shape index (κ2) is 13.7. The van der Waals surface area contributed by atoms with Gasteiger partial charge >= 0.3 is 0 Å². The van der Waals surface area contributed by atoms with E-state index in [0.717, 1.165) is 32.1 Å². The highest BCUT2D eigenvalue weighted by atomic mass is 32.2. The summed E-state index contributed by atoms with van der Waals surface area (Å²) in [5, 5.41) is 18.7. The van der Waals surface area contributed by atoms with Crippen LogP contribution in [-0.4, -0.2) is 23.4 Å². The van der Waals surface area contributed by atoms with Gasteiger partial charge in [0.15, 0.2) is 0 Å². The van der Waals surface area contributed by atoms with Crippen molar-refractivity contribution < 1.29 is 10.2 Å². The van der Waals surface area contributed by atoms with Gasteiger partial charge in [0.25, 0.3) is 0 Å². The number of aliphatic hydroxyl groups is 2. The number of thioether (sulfide) groups is 2. The van der Waals surface area contributed by atoms with Crippen LogP contribution in [0.5, 0.6) is 0 Å². The molecular formula is C31H50O2S2. The van der Waals surface area contributed by atoms with E-state index in [0.29, 0.717) is 12.5 Å². The molecule has 0 aromatic carbocycles. The molecule has 4 heteroatoms. The summed E-state index contributed by atoms with van der Waals surface area (Å²) in [7, 11) is 0. The molecule has 2 aliphatic heterocycles. The fraction of sp³-hybridized carbons (Fsp3) is 0.677. The van der Waals surface area contributed by atoms with Crippen LogP contribution in [0.25, 0.3) is 0 Å². The van der Waals surface area contributed by atoms with Crippen LogP contribution in [0.1, 0.15) is 99.8 Å². The first-order chi connectivity index (χ1) is 16.3. The standard InChI is InChI=1S/C31H50O2S2/c1-24(22-32)12-8-9-13-25-18-30(4,5)20-27(34-25)15-16-28-21-31(6,7)19-26(35-28)14-10-11-17-29(2,3)23-33/h15-16,18-21,24,32-33H,8-14,17,22-23H2,1-7H3/b16-15-. The molecule has 2 nitrogen and oxygen atoms in total. The lowest BCUT2D eigenvalue weighted by Gasteiger charge is -2.26. The van der Waals surface area contributed by atoms with E-state index in [4.69, 9.17) is 0 Å². The van der Waals surface area contributed by atoms with Crippen molar-refractivity contribution in [3.63, 3.8) is 0 Å². The van der Waals surface area contributed by atoms with Crippen LogP contribution in [0.15, 0.2) is 56.1 Å². The number of unbranched alkanes of at least 4 members (excludes halogenated alkanes) is 2. The number of hydrogen-bond donors (Lipinski definition) is 2. The first-order valence-electron chi connectivity index (χ1n) is 13.5. The lowest BCUT2D eigenvalue weighted by molar-refractivity contribution is 0.147. The Balaban J connectivity index is 1.93. The van der Waals surface area contributed by atoms with Crippen molar-refractivity contribution in [2.45, 2.75) is 99.8 Å². The van der Waals surface area contributed by atoms with Crippen molar-refractivity contribution in [2.75, 3.05) is 13.2 Å². The number of allylic oxidation sites excluding steroid dienone is 8. The fourth-order valence-electron chi connectivity index (χ4n) is 4.51. The van der Waals surface area contributed by atoms with Crippen molar-refractivity contribution in [2.24, 2.45) is 22.2 Å². The Morgan fingerprint density at radius 2 is 1.29 bits per heavy atom. The predicted octanol–water partition coefficient (Wildman–Crippen LogP) is 9.39. The zero-order valence-electron chi connectivity index (χ0n) is 23.3. The third kappa shape index (κ3) is 11.9. The lowest BCUT2D eigenvalue weighted by Crippen LogP contribution is -2.16. The molecule has 1 atom stereocenters. The second-order valence-electron chi connectivity index (χ2n) is 12.6. The van der Waals surface area contributed by atoms with Gasteiger partial charge in [-0.3, -0.25) is 0 Å². The maximum atomic E-state index is 9.50. The molecule has 35 heavy (non-hydrogen) atoms. The smallest absolute Gasteiger partial charge is 0.0482 e. The van der Waals surface area contributed by atoms with Crippen LogP contribution in [0.2, 0.25) is 0 Å². The highest BCUT2D eigenvalue weighted by Gasteiger charge is 2.22. The quantitative estimate of drug-likeness (QED) is 0.225. The molecule has 2 rings (SSSR count). The van der Waals surface area contributed by atoms with Crippen LogP contribution < -0.4 is 0 Å². The Morgan fingerprint density at radius 3 is 1.74 bits per heavy atom. The molecule has 0 aromatic rings. The van der Waals surface area contributed by atoms with Gasteiger partial charge in [-0.15, -0.1) is 0 Å². The molecule has 0 spiro atoms. The monoisotopic (exact) mass is 518 g/mol. The molecule has 0 fully saturated rings. The Labute approximate surface area is 224 Å². The van der Waals surface area contributed by atoms with E-state index in [1.807, 2.05) is 23.5 Å². The molecule has 2 aliphatic rings. The molecular weight excluding hydrogens is 468 g/mol. The van der Waals surface area contributed by atoms with E-state index in [-0.39, 0.29) is 22.9 Å². The number of aliphatic hydroxyl groups excluding tert-OH is 2. The Hall–Kier alpha value is -0.680. The number of hydrogen-bond acceptors (Lipinski definition) is 4. The first kappa shape index (κ1) is 30.5. The summed E-state index contributed by atoms with van der Waals surface area (Å²) in [6.07, 6.45) is 23.4. The summed E-state index contributed by atoms with van der Waals surface area (Å²) in [6.45, 7) is 16.2. The largest absolute Gasteiger partial charge is 0.396 e. The van der Waals surface area contributed by atoms with Gasteiger partial charge in [-0.1, -0.05) is 109 Å². The SMILES string of the molecule is CC(CO)CCCCC1=CC(C)(C)C=C(/C=C\C2=CC(C)(C)C=C(CCCCC(C)(C)CO)S2)S1. The maximum absolute atomic E-state index is 9.50. The van der Waals surface area contributed by atoms with E-state index in [9.17, 15) is 10.2 Å². The number of rotatable bonds is 14. The average molecular weight is 519 g/mol. The van der Waals surface area contributed by atoms with Crippen LogP contribution in [-0.2, 0) is 0 Å². The molecule has 2 heterocycles. The third-order valence-electron chi connectivity index (χ3n) is 6.64. The molecule has 0 saturated carbocycles. The zero-order chi connectivity index (χ0) is 26.1. The summed E-state index contributed by atoms with van der Waals surface area (Å²) in [5.41, 5.74) is 0.194. The second-order valence-corrected chi connectivity index (χ2v) is 15.0. The van der Waals surface area contributed by atoms with E-state index < -0.39 is 0 Å². The predicted molar refractivity (Wildman–Crippen MR) is 158 cm³/mol. The van der Waals surface area contributed by atoms with Crippen LogP contribution >= 0.6 is 23.5 Å². The molecule has 0 radical (unpaired) electrons. The highest BCUT2D eigenvalue weighted by molar-refractivity contribution is 8.07. The normalized spacial score (nSPS) is 20.8. The minimum Gasteiger partial charge on any atom is -0.396 e. The molecule has 0 amide bonds. The Bertz CT molecular complexity index is 840. The first-order valence-corrected chi connectivity index (χ1v) is 15.1. The molecule has 0 aliphatic carbocycles. The minimum atomic E-state index is 0.0332. The van der Waals surface area contributed by atoms with Crippen LogP contribution in [0.3, 0.4) is 0 Å². The molecule has 0 bridgehead atoms. The average Bonchev–Trinajstić information content (AvgIpc) is 2.76. The van der Waals surface area contributed by atoms with E-state index in [1.54, 1.807) is 0 Å². The minimum absolute atomic E-state index is 0.0332. The van der Waals surface area contributed by atoms with Crippen molar-refractivity contribution in [3.8, 4) is 0 Å². The fourth-order valence-corrected chi connectivity index (χ4v) is 7.33. The van der Waals surface area contributed by atoms with Crippen molar-refractivity contribution in [3.05, 3.63) is 56.1 Å². The van der Waals surface area contributed by atoms with Gasteiger partial charge in [0, 0.05) is 33.9 Å². The summed E-state index contributed by atoms with van der Waals surface area (Å²) in [5.74, 6) is 0.412. The van der Waals surface area contributed by atoms with Gasteiger partial charge in [-0.05, 0) is 71.8 Å². The third-order valence-corrected chi connectivity index (χ3v) is 8.79. The Kier molecular flexibility index (Phi) is 12.0. The van der Waals surface area contributed by atoms with Crippen molar-refractivity contribution in [1.82, 2.24) is 0 Å². The van der Waals surface area contributed by atoms with Gasteiger partial charge in [0.1, 0.15) is 0 Å². The molecule has 1 unspecified atom stereocenters. The Morgan fingerprint density at radius 1 is 0.800 bits per heavy atom. The molecule has 198 valence electrons. The molecule has 0 saturated heterocycles. The van der Waals surface area contributed by atoms with Crippen molar-refractivity contribution in [1.29, 1.82) is 0 Å². The lowest BCUT2D eigenvalue weighted by atomic mass is 9.87. The van der Waals surface area contributed by atoms with Crippen LogP contribution in [0.4, 0.5) is 0 Å². The zero-order valence-corrected chi connectivity index (χ0v) is 25.0. The van der Waals surface area contributed by atoms with E-state index >= 15 is 0 Å². The van der Waals surface area contributed by atoms with E-state index in [1.165, 1.54) is 38.9 Å². The molecule has 2 N–H and O–H groups in total. The maximum Gasteiger partial charge on any atom is 0.0482 e. The van der Waals surface area contributed by atoms with Gasteiger partial charge in [-0.2, -0.15) is 0 Å². The topological polar surface area (TPSA) is 40.5 Å². The highest BCUT2D eigenvalue weighted by Crippen LogP contribution is 2.44. The van der Waals surface area contributed by atoms with Crippen molar-refractivity contribution >= 4 is 23.5 Å². The summed E-state index contributed by atoms with van der Waals surface area (Å²) in [6, 6.07) is 0. The summed E-state index contributed by atoms with van der Waals surface area (Å²) >= 11 is 3.85. The van der Waals surface area contributed by atoms with E-state index in [2.05, 4.69) is 84.9 Å². The van der Waals surface area contributed by atoms with Gasteiger partial charge < -0.3 is 10.2 Å². The summed E-state index contributed by atoms with van der Waals surface area (Å²) < 4.78 is 0. The van der Waals surface area contributed by atoms with Gasteiger partial charge in [0.05, 0.1) is 0 Å². The van der Waals surface area contributed by atoms with Gasteiger partial charge in [0.2, 0.25) is 0 Å².